The van der Waals surface area contributed by atoms with E-state index in [1.165, 1.54) is 5.69 Å². The van der Waals surface area contributed by atoms with Gasteiger partial charge in [0.1, 0.15) is 5.82 Å². The van der Waals surface area contributed by atoms with E-state index < -0.39 is 0 Å². The molecule has 0 amide bonds. The van der Waals surface area contributed by atoms with E-state index in [1.54, 1.807) is 6.20 Å². The average molecular weight is 352 g/mol. The summed E-state index contributed by atoms with van der Waals surface area (Å²) in [5.74, 6) is 0.884. The molecular weight excluding hydrogens is 324 g/mol. The van der Waals surface area contributed by atoms with E-state index in [0.29, 0.717) is 0 Å². The lowest BCUT2D eigenvalue weighted by molar-refractivity contribution is 0.391. The number of nitrogens with one attached hydrogen (secondary N) is 1. The van der Waals surface area contributed by atoms with Crippen LogP contribution in [-0.4, -0.2) is 79.1 Å². The van der Waals surface area contributed by atoms with Gasteiger partial charge in [-0.2, -0.15) is 0 Å². The summed E-state index contributed by atoms with van der Waals surface area (Å²) in [7, 11) is 8.46. The van der Waals surface area contributed by atoms with Crippen molar-refractivity contribution in [3.63, 3.8) is 0 Å². The number of fused-ring (bicyclic) bond motifs is 1. The number of H-pyrrole nitrogens is 1. The van der Waals surface area contributed by atoms with Crippen LogP contribution >= 0.6 is 0 Å². The zero-order valence-electron chi connectivity index (χ0n) is 16.1. The van der Waals surface area contributed by atoms with E-state index in [9.17, 15) is 0 Å². The Hall–Kier alpha value is -2.44. The van der Waals surface area contributed by atoms with Crippen molar-refractivity contribution in [1.82, 2.24) is 24.8 Å². The number of imidazole rings is 1. The topological polar surface area (TPSA) is 51.3 Å². The Morgan fingerprint density at radius 1 is 0.923 bits per heavy atom. The normalized spacial score (nSPS) is 11.6. The van der Waals surface area contributed by atoms with E-state index >= 15 is 0 Å². The quantitative estimate of drug-likeness (QED) is 0.675. The number of hydrogen-bond donors (Lipinski definition) is 1. The van der Waals surface area contributed by atoms with Crippen molar-refractivity contribution in [1.29, 1.82) is 0 Å². The standard InChI is InChI=1S/C20H28N6/c1-24(2)10-12-26(13-11-25(3)4)17-7-5-6-16(14-17)20-22-18-8-9-21-15-19(18)23-20/h5-9,14-15H,10-13H2,1-4H3,(H,22,23). The van der Waals surface area contributed by atoms with Gasteiger partial charge in [0.05, 0.1) is 17.2 Å². The predicted molar refractivity (Wildman–Crippen MR) is 109 cm³/mol. The Morgan fingerprint density at radius 3 is 2.31 bits per heavy atom. The third kappa shape index (κ3) is 4.59. The van der Waals surface area contributed by atoms with Crippen LogP contribution in [0, 0.1) is 0 Å². The average Bonchev–Trinajstić information content (AvgIpc) is 3.05. The summed E-state index contributed by atoms with van der Waals surface area (Å²) >= 11 is 0. The molecule has 6 nitrogen and oxygen atoms in total. The minimum Gasteiger partial charge on any atom is -0.369 e. The molecule has 3 rings (SSSR count). The van der Waals surface area contributed by atoms with E-state index in [2.05, 4.69) is 77.1 Å². The Balaban J connectivity index is 1.86. The molecule has 0 aliphatic heterocycles. The van der Waals surface area contributed by atoms with Crippen LogP contribution in [-0.2, 0) is 0 Å². The molecule has 0 fully saturated rings. The summed E-state index contributed by atoms with van der Waals surface area (Å²) in [4.78, 5) is 19.1. The van der Waals surface area contributed by atoms with Gasteiger partial charge < -0.3 is 19.7 Å². The minimum absolute atomic E-state index is 0.884. The molecule has 138 valence electrons. The highest BCUT2D eigenvalue weighted by Crippen LogP contribution is 2.24. The van der Waals surface area contributed by atoms with Gasteiger partial charge in [0.2, 0.25) is 0 Å². The zero-order chi connectivity index (χ0) is 18.5. The van der Waals surface area contributed by atoms with Crippen molar-refractivity contribution in [3.05, 3.63) is 42.7 Å². The van der Waals surface area contributed by atoms with Gasteiger partial charge in [0.25, 0.3) is 0 Å². The molecule has 26 heavy (non-hydrogen) atoms. The molecule has 6 heteroatoms. The van der Waals surface area contributed by atoms with Gasteiger partial charge in [-0.1, -0.05) is 12.1 Å². The Labute approximate surface area is 155 Å². The molecule has 0 radical (unpaired) electrons. The van der Waals surface area contributed by atoms with Crippen molar-refractivity contribution in [2.45, 2.75) is 0 Å². The second kappa shape index (κ2) is 8.29. The monoisotopic (exact) mass is 352 g/mol. The van der Waals surface area contributed by atoms with Crippen LogP contribution in [0.1, 0.15) is 0 Å². The molecule has 0 spiro atoms. The van der Waals surface area contributed by atoms with Crippen LogP contribution in [0.4, 0.5) is 5.69 Å². The Morgan fingerprint density at radius 2 is 1.65 bits per heavy atom. The van der Waals surface area contributed by atoms with Crippen LogP contribution in [0.3, 0.4) is 0 Å². The Bertz CT molecular complexity index is 794. The van der Waals surface area contributed by atoms with E-state index in [1.807, 2.05) is 12.3 Å². The lowest BCUT2D eigenvalue weighted by atomic mass is 10.1. The van der Waals surface area contributed by atoms with Gasteiger partial charge in [-0.25, -0.2) is 4.98 Å². The predicted octanol–water partition coefficient (Wildman–Crippen LogP) is 2.55. The van der Waals surface area contributed by atoms with E-state index in [0.717, 1.165) is 48.6 Å². The maximum Gasteiger partial charge on any atom is 0.138 e. The molecular formula is C20H28N6. The molecule has 0 unspecified atom stereocenters. The zero-order valence-corrected chi connectivity index (χ0v) is 16.1. The number of rotatable bonds is 8. The fraction of sp³-hybridized carbons (Fsp3) is 0.400. The summed E-state index contributed by atoms with van der Waals surface area (Å²) in [6.07, 6.45) is 3.59. The fourth-order valence-electron chi connectivity index (χ4n) is 2.85. The number of benzene rings is 1. The smallest absolute Gasteiger partial charge is 0.138 e. The highest BCUT2D eigenvalue weighted by atomic mass is 15.2. The first-order chi connectivity index (χ1) is 12.5. The number of hydrogen-bond acceptors (Lipinski definition) is 5. The highest BCUT2D eigenvalue weighted by molar-refractivity contribution is 5.79. The largest absolute Gasteiger partial charge is 0.369 e. The van der Waals surface area contributed by atoms with Crippen molar-refractivity contribution >= 4 is 16.7 Å². The molecule has 0 bridgehead atoms. The van der Waals surface area contributed by atoms with Crippen molar-refractivity contribution < 1.29 is 0 Å². The van der Waals surface area contributed by atoms with Crippen LogP contribution in [0.2, 0.25) is 0 Å². The third-order valence-electron chi connectivity index (χ3n) is 4.40. The number of anilines is 1. The molecule has 1 N–H and O–H groups in total. The molecule has 3 aromatic rings. The van der Waals surface area contributed by atoms with Gasteiger partial charge in [-0.15, -0.1) is 0 Å². The lowest BCUT2D eigenvalue weighted by Crippen LogP contribution is -2.36. The number of aromatic nitrogens is 3. The maximum atomic E-state index is 4.70. The van der Waals surface area contributed by atoms with Crippen molar-refractivity contribution in [2.24, 2.45) is 0 Å². The SMILES string of the molecule is CN(C)CCN(CCN(C)C)c1cccc(-c2nc3ccncc3[nH]2)c1. The van der Waals surface area contributed by atoms with Gasteiger partial charge in [0, 0.05) is 43.6 Å². The molecule has 0 aliphatic carbocycles. The second-order valence-corrected chi connectivity index (χ2v) is 7.12. The molecule has 2 aromatic heterocycles. The highest BCUT2D eigenvalue weighted by Gasteiger charge is 2.11. The number of pyridine rings is 1. The first-order valence-electron chi connectivity index (χ1n) is 8.97. The van der Waals surface area contributed by atoms with Gasteiger partial charge in [0.15, 0.2) is 0 Å². The van der Waals surface area contributed by atoms with Crippen LogP contribution in [0.15, 0.2) is 42.7 Å². The summed E-state index contributed by atoms with van der Waals surface area (Å²) in [6, 6.07) is 10.5. The molecule has 0 atom stereocenters. The van der Waals surface area contributed by atoms with Gasteiger partial charge in [-0.05, 0) is 46.4 Å². The van der Waals surface area contributed by atoms with Crippen molar-refractivity contribution in [2.75, 3.05) is 59.3 Å². The minimum atomic E-state index is 0.884. The Kier molecular flexibility index (Phi) is 5.85. The molecule has 0 aliphatic rings. The maximum absolute atomic E-state index is 4.70. The molecule has 0 saturated carbocycles. The third-order valence-corrected chi connectivity index (χ3v) is 4.40. The molecule has 1 aromatic carbocycles. The number of nitrogens with zero attached hydrogens (tertiary/aromatic N) is 5. The molecule has 2 heterocycles. The molecule has 0 saturated heterocycles. The first-order valence-corrected chi connectivity index (χ1v) is 8.97. The van der Waals surface area contributed by atoms with E-state index in [-0.39, 0.29) is 0 Å². The van der Waals surface area contributed by atoms with Crippen LogP contribution in [0.5, 0.6) is 0 Å². The lowest BCUT2D eigenvalue weighted by Gasteiger charge is -2.28. The van der Waals surface area contributed by atoms with Crippen LogP contribution in [0.25, 0.3) is 22.4 Å². The number of aromatic amines is 1. The van der Waals surface area contributed by atoms with E-state index in [4.69, 9.17) is 4.98 Å². The van der Waals surface area contributed by atoms with Crippen molar-refractivity contribution in [3.8, 4) is 11.4 Å². The summed E-state index contributed by atoms with van der Waals surface area (Å²) < 4.78 is 0. The fourth-order valence-corrected chi connectivity index (χ4v) is 2.85. The summed E-state index contributed by atoms with van der Waals surface area (Å²) in [5.41, 5.74) is 4.23. The second-order valence-electron chi connectivity index (χ2n) is 7.12. The number of likely N-dealkylation sites (N-methyl/N-ethyl adjacent to an activating group) is 2. The van der Waals surface area contributed by atoms with Gasteiger partial charge >= 0.3 is 0 Å². The van der Waals surface area contributed by atoms with Gasteiger partial charge in [-0.3, -0.25) is 4.98 Å². The summed E-state index contributed by atoms with van der Waals surface area (Å²) in [6.45, 7) is 4.03. The first kappa shape index (κ1) is 18.4. The summed E-state index contributed by atoms with van der Waals surface area (Å²) in [5, 5.41) is 0. The van der Waals surface area contributed by atoms with Crippen LogP contribution < -0.4 is 4.90 Å².